The van der Waals surface area contributed by atoms with Crippen LogP contribution in [-0.4, -0.2) is 46.1 Å². The molecule has 0 bridgehead atoms. The van der Waals surface area contributed by atoms with Crippen LogP contribution in [0.3, 0.4) is 0 Å². The molecule has 3 fully saturated rings. The molecule has 3 saturated carbocycles. The van der Waals surface area contributed by atoms with Crippen molar-refractivity contribution in [2.75, 3.05) is 6.61 Å². The molecular weight excluding hydrogens is 384 g/mol. The van der Waals surface area contributed by atoms with E-state index in [2.05, 4.69) is 13.8 Å². The van der Waals surface area contributed by atoms with Crippen LogP contribution >= 0.6 is 0 Å². The van der Waals surface area contributed by atoms with Crippen LogP contribution in [0, 0.1) is 34.5 Å². The number of hydrogen-bond acceptors (Lipinski definition) is 6. The summed E-state index contributed by atoms with van der Waals surface area (Å²) in [4.78, 5) is 36.1. The Bertz CT molecular complexity index is 858. The molecule has 8 atom stereocenters. The van der Waals surface area contributed by atoms with E-state index in [1.807, 2.05) is 13.0 Å². The first-order valence-corrected chi connectivity index (χ1v) is 11.0. The van der Waals surface area contributed by atoms with Crippen LogP contribution in [0.4, 0.5) is 0 Å². The number of ketones is 2. The van der Waals surface area contributed by atoms with E-state index in [1.54, 1.807) is 12.2 Å². The summed E-state index contributed by atoms with van der Waals surface area (Å²) in [5, 5.41) is 22.9. The molecule has 6 heteroatoms. The van der Waals surface area contributed by atoms with Crippen molar-refractivity contribution in [3.63, 3.8) is 0 Å². The molecule has 6 unspecified atom stereocenters. The zero-order valence-corrected chi connectivity index (χ0v) is 18.2. The number of Topliss-reactive ketones (excluding diaryl/α,β-unsaturated/α-hetero) is 1. The Labute approximate surface area is 177 Å². The lowest BCUT2D eigenvalue weighted by Gasteiger charge is -2.60. The van der Waals surface area contributed by atoms with Crippen LogP contribution in [0.15, 0.2) is 23.8 Å². The summed E-state index contributed by atoms with van der Waals surface area (Å²) in [6.45, 7) is 6.94. The van der Waals surface area contributed by atoms with Crippen LogP contribution in [0.25, 0.3) is 0 Å². The van der Waals surface area contributed by atoms with Gasteiger partial charge in [-0.05, 0) is 55.6 Å². The number of rotatable bonds is 3. The molecule has 30 heavy (non-hydrogen) atoms. The van der Waals surface area contributed by atoms with E-state index in [0.717, 1.165) is 12.0 Å². The molecule has 6 nitrogen and oxygen atoms in total. The van der Waals surface area contributed by atoms with E-state index in [0.29, 0.717) is 19.3 Å². The molecule has 0 heterocycles. The largest absolute Gasteiger partial charge is 0.458 e. The number of carbonyl (C=O) groups excluding carboxylic acids is 3. The van der Waals surface area contributed by atoms with E-state index in [1.165, 1.54) is 6.92 Å². The first-order valence-electron chi connectivity index (χ1n) is 11.0. The summed E-state index contributed by atoms with van der Waals surface area (Å²) >= 11 is 0. The van der Waals surface area contributed by atoms with Gasteiger partial charge in [-0.3, -0.25) is 14.4 Å². The van der Waals surface area contributed by atoms with Gasteiger partial charge in [-0.2, -0.15) is 0 Å². The van der Waals surface area contributed by atoms with Crippen molar-refractivity contribution in [1.82, 2.24) is 0 Å². The topological polar surface area (TPSA) is 101 Å². The second kappa shape index (κ2) is 6.86. The van der Waals surface area contributed by atoms with Gasteiger partial charge in [0.2, 0.25) is 5.78 Å². The summed E-state index contributed by atoms with van der Waals surface area (Å²) in [5.74, 6) is -0.712. The van der Waals surface area contributed by atoms with Crippen LogP contribution in [0.1, 0.15) is 53.4 Å². The highest BCUT2D eigenvalue weighted by atomic mass is 16.5. The van der Waals surface area contributed by atoms with E-state index in [9.17, 15) is 24.6 Å². The fourth-order valence-electron chi connectivity index (χ4n) is 7.50. The minimum Gasteiger partial charge on any atom is -0.458 e. The summed E-state index contributed by atoms with van der Waals surface area (Å²) in [6.07, 6.45) is 6.71. The van der Waals surface area contributed by atoms with Gasteiger partial charge in [0.05, 0.1) is 6.10 Å². The monoisotopic (exact) mass is 416 g/mol. The van der Waals surface area contributed by atoms with Gasteiger partial charge in [0.25, 0.3) is 0 Å². The average molecular weight is 417 g/mol. The third kappa shape index (κ3) is 2.79. The Kier molecular flexibility index (Phi) is 4.90. The smallest absolute Gasteiger partial charge is 0.303 e. The number of esters is 1. The molecular formula is C24H32O6. The molecule has 0 spiro atoms. The Hall–Kier alpha value is -1.79. The summed E-state index contributed by atoms with van der Waals surface area (Å²) < 4.78 is 4.89. The molecule has 4 aliphatic rings. The normalized spacial score (nSPS) is 47.1. The minimum absolute atomic E-state index is 0.00535. The predicted molar refractivity (Wildman–Crippen MR) is 109 cm³/mol. The third-order valence-electron chi connectivity index (χ3n) is 8.84. The van der Waals surface area contributed by atoms with Gasteiger partial charge in [0.15, 0.2) is 12.4 Å². The summed E-state index contributed by atoms with van der Waals surface area (Å²) in [7, 11) is 0. The molecule has 0 aromatic heterocycles. The van der Waals surface area contributed by atoms with Gasteiger partial charge < -0.3 is 14.9 Å². The number of ether oxygens (including phenoxy) is 1. The van der Waals surface area contributed by atoms with Crippen molar-refractivity contribution in [3.8, 4) is 0 Å². The molecule has 4 aliphatic carbocycles. The molecule has 0 aliphatic heterocycles. The number of carbonyl (C=O) groups is 3. The second-order valence-electron chi connectivity index (χ2n) is 10.3. The minimum atomic E-state index is -1.61. The fraction of sp³-hybridized carbons (Fsp3) is 0.708. The van der Waals surface area contributed by atoms with Crippen molar-refractivity contribution in [2.45, 2.75) is 65.1 Å². The van der Waals surface area contributed by atoms with Crippen LogP contribution < -0.4 is 0 Å². The number of hydrogen-bond donors (Lipinski definition) is 2. The highest BCUT2D eigenvalue weighted by molar-refractivity contribution is 6.01. The van der Waals surface area contributed by atoms with Crippen molar-refractivity contribution in [2.24, 2.45) is 34.5 Å². The van der Waals surface area contributed by atoms with Gasteiger partial charge in [-0.1, -0.05) is 32.4 Å². The maximum Gasteiger partial charge on any atom is 0.303 e. The fourth-order valence-corrected chi connectivity index (χ4v) is 7.50. The van der Waals surface area contributed by atoms with E-state index >= 15 is 0 Å². The van der Waals surface area contributed by atoms with Crippen molar-refractivity contribution in [3.05, 3.63) is 23.8 Å². The van der Waals surface area contributed by atoms with Gasteiger partial charge >= 0.3 is 5.97 Å². The molecule has 0 saturated heterocycles. The SMILES string of the molecule is CC(=O)OCC(=O)[C@@]1(O)CCC2C3C[C@H](C)C4=CC(=O)C=CC4(C)C3C(O)CC21C. The first-order chi connectivity index (χ1) is 13.9. The maximum absolute atomic E-state index is 12.9. The Morgan fingerprint density at radius 3 is 2.67 bits per heavy atom. The van der Waals surface area contributed by atoms with Crippen molar-refractivity contribution >= 4 is 17.5 Å². The van der Waals surface area contributed by atoms with Gasteiger partial charge in [-0.25, -0.2) is 0 Å². The zero-order valence-electron chi connectivity index (χ0n) is 18.2. The van der Waals surface area contributed by atoms with Crippen LogP contribution in [0.2, 0.25) is 0 Å². The number of allylic oxidation sites excluding steroid dienone is 4. The van der Waals surface area contributed by atoms with Crippen LogP contribution in [0.5, 0.6) is 0 Å². The molecule has 0 radical (unpaired) electrons. The highest BCUT2D eigenvalue weighted by Gasteiger charge is 2.68. The lowest BCUT2D eigenvalue weighted by atomic mass is 9.45. The number of aliphatic hydroxyl groups excluding tert-OH is 1. The molecule has 2 N–H and O–H groups in total. The van der Waals surface area contributed by atoms with Crippen molar-refractivity contribution < 1.29 is 29.3 Å². The summed E-state index contributed by atoms with van der Waals surface area (Å²) in [6, 6.07) is 0. The van der Waals surface area contributed by atoms with Crippen LogP contribution in [-0.2, 0) is 19.1 Å². The lowest BCUT2D eigenvalue weighted by molar-refractivity contribution is -0.182. The molecule has 0 aromatic carbocycles. The molecule has 4 rings (SSSR count). The van der Waals surface area contributed by atoms with Gasteiger partial charge in [0.1, 0.15) is 5.60 Å². The van der Waals surface area contributed by atoms with E-state index < -0.39 is 40.9 Å². The standard InChI is InChI=1S/C24H32O6/c1-13-9-16-17-6-8-24(29,20(28)12-30-14(2)25)23(17,4)11-19(27)21(16)22(3)7-5-15(26)10-18(13)22/h5,7,10,13,16-17,19,21,27,29H,6,8-9,11-12H2,1-4H3/t13-,16?,17?,19?,21?,22?,23?,24-/m0/s1. The van der Waals surface area contributed by atoms with E-state index in [4.69, 9.17) is 4.74 Å². The second-order valence-corrected chi connectivity index (χ2v) is 10.3. The maximum atomic E-state index is 12.9. The molecule has 164 valence electrons. The van der Waals surface area contributed by atoms with Gasteiger partial charge in [0, 0.05) is 23.7 Å². The summed E-state index contributed by atoms with van der Waals surface area (Å²) in [5.41, 5.74) is -1.72. The Balaban J connectivity index is 1.70. The van der Waals surface area contributed by atoms with Gasteiger partial charge in [-0.15, -0.1) is 0 Å². The molecule has 0 aromatic rings. The number of fused-ring (bicyclic) bond motifs is 5. The Morgan fingerprint density at radius 1 is 1.30 bits per heavy atom. The zero-order chi connectivity index (χ0) is 22.1. The van der Waals surface area contributed by atoms with E-state index in [-0.39, 0.29) is 29.5 Å². The molecule has 0 amide bonds. The Morgan fingerprint density at radius 2 is 2.00 bits per heavy atom. The predicted octanol–water partition coefficient (Wildman–Crippen LogP) is 2.37. The number of aliphatic hydroxyl groups is 2. The highest BCUT2D eigenvalue weighted by Crippen LogP contribution is 2.67. The average Bonchev–Trinajstić information content (AvgIpc) is 2.93. The van der Waals surface area contributed by atoms with Crippen molar-refractivity contribution in [1.29, 1.82) is 0 Å². The quantitative estimate of drug-likeness (QED) is 0.685. The lowest BCUT2D eigenvalue weighted by Crippen LogP contribution is -2.62. The third-order valence-corrected chi connectivity index (χ3v) is 8.84. The first kappa shape index (κ1) is 21.4.